The van der Waals surface area contributed by atoms with E-state index in [-0.39, 0.29) is 5.75 Å². The zero-order valence-electron chi connectivity index (χ0n) is 11.9. The molecule has 1 aromatic carbocycles. The summed E-state index contributed by atoms with van der Waals surface area (Å²) in [5, 5.41) is 9.76. The summed E-state index contributed by atoms with van der Waals surface area (Å²) in [5.74, 6) is 1.45. The Morgan fingerprint density at radius 2 is 2.06 bits per heavy atom. The molecule has 0 fully saturated rings. The minimum absolute atomic E-state index is 0.217. The Balaban J connectivity index is 2.67. The molecular formula is C15H25NO2. The number of methoxy groups -OCH3 is 1. The van der Waals surface area contributed by atoms with Crippen LogP contribution in [0, 0.1) is 5.92 Å². The van der Waals surface area contributed by atoms with Crippen LogP contribution in [0.1, 0.15) is 32.8 Å². The predicted molar refractivity (Wildman–Crippen MR) is 75.1 cm³/mol. The molecule has 1 N–H and O–H groups in total. The number of aromatic hydroxyl groups is 1. The minimum Gasteiger partial charge on any atom is -0.504 e. The maximum atomic E-state index is 9.76. The van der Waals surface area contributed by atoms with Crippen LogP contribution < -0.4 is 4.74 Å². The van der Waals surface area contributed by atoms with Crippen molar-refractivity contribution in [1.82, 2.24) is 4.90 Å². The van der Waals surface area contributed by atoms with E-state index in [1.165, 1.54) is 6.42 Å². The van der Waals surface area contributed by atoms with Gasteiger partial charge in [-0.25, -0.2) is 0 Å². The van der Waals surface area contributed by atoms with E-state index >= 15 is 0 Å². The van der Waals surface area contributed by atoms with Crippen LogP contribution in [-0.2, 0) is 6.54 Å². The van der Waals surface area contributed by atoms with E-state index in [1.807, 2.05) is 12.1 Å². The standard InChI is InChI=1S/C15H25NO2/c1-5-12(3)10-16(6-2)11-13-7-8-15(18-4)14(17)9-13/h7-9,12,17H,5-6,10-11H2,1-4H3. The zero-order valence-corrected chi connectivity index (χ0v) is 11.9. The van der Waals surface area contributed by atoms with Gasteiger partial charge in [-0.05, 0) is 30.2 Å². The van der Waals surface area contributed by atoms with Gasteiger partial charge in [-0.3, -0.25) is 4.90 Å². The van der Waals surface area contributed by atoms with Crippen LogP contribution in [0.5, 0.6) is 11.5 Å². The predicted octanol–water partition coefficient (Wildman–Crippen LogP) is 3.27. The molecule has 18 heavy (non-hydrogen) atoms. The lowest BCUT2D eigenvalue weighted by molar-refractivity contribution is 0.237. The molecule has 0 saturated carbocycles. The Morgan fingerprint density at radius 3 is 2.56 bits per heavy atom. The molecule has 1 rings (SSSR count). The lowest BCUT2D eigenvalue weighted by atomic mass is 10.1. The van der Waals surface area contributed by atoms with E-state index in [9.17, 15) is 5.11 Å². The minimum atomic E-state index is 0.217. The highest BCUT2D eigenvalue weighted by atomic mass is 16.5. The van der Waals surface area contributed by atoms with Gasteiger partial charge >= 0.3 is 0 Å². The molecule has 1 unspecified atom stereocenters. The first kappa shape index (κ1) is 14.8. The lowest BCUT2D eigenvalue weighted by Gasteiger charge is -2.24. The van der Waals surface area contributed by atoms with Crippen molar-refractivity contribution in [2.45, 2.75) is 33.7 Å². The second-order valence-corrected chi connectivity index (χ2v) is 4.85. The maximum Gasteiger partial charge on any atom is 0.160 e. The molecule has 0 radical (unpaired) electrons. The van der Waals surface area contributed by atoms with Gasteiger partial charge in [0.25, 0.3) is 0 Å². The average Bonchev–Trinajstić information content (AvgIpc) is 2.38. The Bertz CT molecular complexity index is 366. The van der Waals surface area contributed by atoms with Crippen LogP contribution >= 0.6 is 0 Å². The first-order valence-electron chi connectivity index (χ1n) is 6.68. The Kier molecular flexibility index (Phi) is 5.99. The fourth-order valence-corrected chi connectivity index (χ4v) is 1.97. The maximum absolute atomic E-state index is 9.76. The van der Waals surface area contributed by atoms with E-state index in [0.29, 0.717) is 11.7 Å². The summed E-state index contributed by atoms with van der Waals surface area (Å²) in [6, 6.07) is 5.62. The number of nitrogens with zero attached hydrogens (tertiary/aromatic N) is 1. The van der Waals surface area contributed by atoms with Crippen molar-refractivity contribution in [1.29, 1.82) is 0 Å². The van der Waals surface area contributed by atoms with Gasteiger partial charge in [0.15, 0.2) is 11.5 Å². The molecule has 0 heterocycles. The van der Waals surface area contributed by atoms with Crippen LogP contribution in [0.25, 0.3) is 0 Å². The summed E-state index contributed by atoms with van der Waals surface area (Å²) in [6.45, 7) is 9.66. The van der Waals surface area contributed by atoms with Crippen molar-refractivity contribution in [3.63, 3.8) is 0 Å². The number of phenolic OH excluding ortho intramolecular Hbond substituents is 1. The number of ether oxygens (including phenoxy) is 1. The molecule has 0 aliphatic carbocycles. The zero-order chi connectivity index (χ0) is 13.5. The van der Waals surface area contributed by atoms with E-state index in [2.05, 4.69) is 25.7 Å². The fourth-order valence-electron chi connectivity index (χ4n) is 1.97. The number of benzene rings is 1. The molecule has 3 nitrogen and oxygen atoms in total. The monoisotopic (exact) mass is 251 g/mol. The molecule has 1 aromatic rings. The lowest BCUT2D eigenvalue weighted by Crippen LogP contribution is -2.27. The van der Waals surface area contributed by atoms with Gasteiger partial charge in [0.2, 0.25) is 0 Å². The van der Waals surface area contributed by atoms with E-state index in [0.717, 1.165) is 25.2 Å². The van der Waals surface area contributed by atoms with Crippen molar-refractivity contribution >= 4 is 0 Å². The van der Waals surface area contributed by atoms with Crippen molar-refractivity contribution in [3.8, 4) is 11.5 Å². The van der Waals surface area contributed by atoms with E-state index in [1.54, 1.807) is 13.2 Å². The van der Waals surface area contributed by atoms with Gasteiger partial charge in [-0.2, -0.15) is 0 Å². The third-order valence-electron chi connectivity index (χ3n) is 3.36. The van der Waals surface area contributed by atoms with Crippen LogP contribution in [0.15, 0.2) is 18.2 Å². The average molecular weight is 251 g/mol. The highest BCUT2D eigenvalue weighted by Crippen LogP contribution is 2.26. The second kappa shape index (κ2) is 7.27. The third kappa shape index (κ3) is 4.22. The van der Waals surface area contributed by atoms with Gasteiger partial charge in [0, 0.05) is 13.1 Å². The summed E-state index contributed by atoms with van der Waals surface area (Å²) in [6.07, 6.45) is 1.20. The highest BCUT2D eigenvalue weighted by molar-refractivity contribution is 5.41. The van der Waals surface area contributed by atoms with Crippen molar-refractivity contribution in [2.24, 2.45) is 5.92 Å². The normalized spacial score (nSPS) is 12.7. The quantitative estimate of drug-likeness (QED) is 0.807. The summed E-state index contributed by atoms with van der Waals surface area (Å²) >= 11 is 0. The summed E-state index contributed by atoms with van der Waals surface area (Å²) < 4.78 is 5.05. The molecule has 0 aliphatic rings. The number of hydrogen-bond acceptors (Lipinski definition) is 3. The summed E-state index contributed by atoms with van der Waals surface area (Å²) in [5.41, 5.74) is 1.12. The van der Waals surface area contributed by atoms with Crippen LogP contribution in [0.3, 0.4) is 0 Å². The fraction of sp³-hybridized carbons (Fsp3) is 0.600. The second-order valence-electron chi connectivity index (χ2n) is 4.85. The Hall–Kier alpha value is -1.22. The first-order valence-corrected chi connectivity index (χ1v) is 6.68. The summed E-state index contributed by atoms with van der Waals surface area (Å²) in [4.78, 5) is 2.40. The number of hydrogen-bond donors (Lipinski definition) is 1. The van der Waals surface area contributed by atoms with Crippen molar-refractivity contribution in [3.05, 3.63) is 23.8 Å². The van der Waals surface area contributed by atoms with Gasteiger partial charge in [-0.15, -0.1) is 0 Å². The van der Waals surface area contributed by atoms with Gasteiger partial charge < -0.3 is 9.84 Å². The van der Waals surface area contributed by atoms with E-state index < -0.39 is 0 Å². The first-order chi connectivity index (χ1) is 8.60. The molecular weight excluding hydrogens is 226 g/mol. The number of rotatable bonds is 7. The van der Waals surface area contributed by atoms with E-state index in [4.69, 9.17) is 4.74 Å². The van der Waals surface area contributed by atoms with Crippen molar-refractivity contribution in [2.75, 3.05) is 20.2 Å². The van der Waals surface area contributed by atoms with Crippen LogP contribution in [-0.4, -0.2) is 30.2 Å². The smallest absolute Gasteiger partial charge is 0.160 e. The molecule has 3 heteroatoms. The largest absolute Gasteiger partial charge is 0.504 e. The molecule has 0 spiro atoms. The third-order valence-corrected chi connectivity index (χ3v) is 3.36. The molecule has 0 aliphatic heterocycles. The van der Waals surface area contributed by atoms with Crippen LogP contribution in [0.4, 0.5) is 0 Å². The Morgan fingerprint density at radius 1 is 1.33 bits per heavy atom. The summed E-state index contributed by atoms with van der Waals surface area (Å²) in [7, 11) is 1.57. The highest BCUT2D eigenvalue weighted by Gasteiger charge is 2.09. The molecule has 102 valence electrons. The molecule has 0 aromatic heterocycles. The van der Waals surface area contributed by atoms with Gasteiger partial charge in [0.1, 0.15) is 0 Å². The molecule has 0 bridgehead atoms. The Labute approximate surface area is 110 Å². The molecule has 1 atom stereocenters. The topological polar surface area (TPSA) is 32.7 Å². The molecule has 0 amide bonds. The molecule has 0 saturated heterocycles. The number of phenols is 1. The van der Waals surface area contributed by atoms with Gasteiger partial charge in [-0.1, -0.05) is 33.3 Å². The van der Waals surface area contributed by atoms with Gasteiger partial charge in [0.05, 0.1) is 7.11 Å². The van der Waals surface area contributed by atoms with Crippen molar-refractivity contribution < 1.29 is 9.84 Å². The van der Waals surface area contributed by atoms with Crippen LogP contribution in [0.2, 0.25) is 0 Å². The SMILES string of the molecule is CCC(C)CN(CC)Cc1ccc(OC)c(O)c1.